The minimum absolute atomic E-state index is 0.114. The molecule has 1 amide bonds. The van der Waals surface area contributed by atoms with Crippen LogP contribution < -0.4 is 0 Å². The number of nitrogens with one attached hydrogen (secondary N) is 1. The summed E-state index contributed by atoms with van der Waals surface area (Å²) in [6, 6.07) is 8.04. The fourth-order valence-corrected chi connectivity index (χ4v) is 4.50. The molecule has 4 rings (SSSR count). The van der Waals surface area contributed by atoms with Crippen LogP contribution in [0.4, 0.5) is 0 Å². The van der Waals surface area contributed by atoms with Gasteiger partial charge in [0.15, 0.2) is 0 Å². The third kappa shape index (κ3) is 2.62. The lowest BCUT2D eigenvalue weighted by Gasteiger charge is -2.38. The average Bonchev–Trinajstić information content (AvgIpc) is 3.18. The number of rotatable bonds is 2. The van der Waals surface area contributed by atoms with Gasteiger partial charge in [0.1, 0.15) is 0 Å². The number of hydrogen-bond acceptors (Lipinski definition) is 3. The number of nitrogens with zero attached hydrogens (tertiary/aromatic N) is 2. The molecule has 1 aliphatic heterocycles. The number of carbonyl (C=O) groups is 1. The van der Waals surface area contributed by atoms with E-state index in [1.807, 2.05) is 49.5 Å². The van der Waals surface area contributed by atoms with Gasteiger partial charge in [-0.05, 0) is 63.0 Å². The Morgan fingerprint density at radius 2 is 1.96 bits per heavy atom. The second-order valence-corrected chi connectivity index (χ2v) is 7.58. The molecule has 1 saturated heterocycles. The first-order chi connectivity index (χ1) is 11.5. The second kappa shape index (κ2) is 5.90. The first-order valence-electron chi connectivity index (χ1n) is 8.74. The zero-order valence-corrected chi connectivity index (χ0v) is 14.3. The lowest BCUT2D eigenvalue weighted by molar-refractivity contribution is 0.00940. The molecule has 2 N–H and O–H groups in total. The van der Waals surface area contributed by atoms with E-state index >= 15 is 0 Å². The van der Waals surface area contributed by atoms with Crippen LogP contribution in [-0.4, -0.2) is 65.1 Å². The normalized spacial score (nSPS) is 30.1. The molecule has 2 aromatic rings. The first-order valence-corrected chi connectivity index (χ1v) is 8.74. The SMILES string of the molecule is CN(C)[C@@H]1C[C@@H]2CN(C(=O)c3ccc4[nH]ccc4c3)C[C@@H]2C[C@H]1O. The quantitative estimate of drug-likeness (QED) is 0.886. The Hall–Kier alpha value is -1.85. The Kier molecular flexibility index (Phi) is 3.85. The number of carbonyl (C=O) groups excluding carboxylic acids is 1. The number of amides is 1. The summed E-state index contributed by atoms with van der Waals surface area (Å²) < 4.78 is 0. The predicted molar refractivity (Wildman–Crippen MR) is 93.9 cm³/mol. The van der Waals surface area contributed by atoms with Crippen LogP contribution in [-0.2, 0) is 0 Å². The summed E-state index contributed by atoms with van der Waals surface area (Å²) in [5.41, 5.74) is 1.81. The number of aromatic nitrogens is 1. The number of fused-ring (bicyclic) bond motifs is 2. The van der Waals surface area contributed by atoms with E-state index in [1.54, 1.807) is 0 Å². The Balaban J connectivity index is 1.51. The molecule has 5 nitrogen and oxygen atoms in total. The molecular formula is C19H25N3O2. The molecule has 1 aromatic carbocycles. The highest BCUT2D eigenvalue weighted by Crippen LogP contribution is 2.38. The summed E-state index contributed by atoms with van der Waals surface area (Å²) >= 11 is 0. The van der Waals surface area contributed by atoms with Gasteiger partial charge in [-0.3, -0.25) is 4.79 Å². The minimum Gasteiger partial charge on any atom is -0.391 e. The largest absolute Gasteiger partial charge is 0.391 e. The van der Waals surface area contributed by atoms with E-state index in [4.69, 9.17) is 0 Å². The van der Waals surface area contributed by atoms with Gasteiger partial charge >= 0.3 is 0 Å². The molecule has 0 radical (unpaired) electrons. The molecule has 128 valence electrons. The summed E-state index contributed by atoms with van der Waals surface area (Å²) in [6.45, 7) is 1.58. The maximum absolute atomic E-state index is 12.9. The van der Waals surface area contributed by atoms with Crippen molar-refractivity contribution in [2.75, 3.05) is 27.2 Å². The molecule has 1 saturated carbocycles. The highest BCUT2D eigenvalue weighted by molar-refractivity contribution is 5.98. The number of aliphatic hydroxyl groups is 1. The lowest BCUT2D eigenvalue weighted by atomic mass is 9.77. The third-order valence-electron chi connectivity index (χ3n) is 5.86. The van der Waals surface area contributed by atoms with Gasteiger partial charge in [0.05, 0.1) is 6.10 Å². The molecule has 4 atom stereocenters. The van der Waals surface area contributed by atoms with Crippen molar-refractivity contribution < 1.29 is 9.90 Å². The van der Waals surface area contributed by atoms with Crippen molar-refractivity contribution in [3.05, 3.63) is 36.0 Å². The van der Waals surface area contributed by atoms with Gasteiger partial charge < -0.3 is 19.9 Å². The van der Waals surface area contributed by atoms with E-state index < -0.39 is 0 Å². The number of H-pyrrole nitrogens is 1. The molecule has 1 aliphatic carbocycles. The Bertz CT molecular complexity index is 754. The number of likely N-dealkylation sites (tertiary alicyclic amines) is 1. The number of hydrogen-bond donors (Lipinski definition) is 2. The van der Waals surface area contributed by atoms with Gasteiger partial charge in [0, 0.05) is 41.8 Å². The summed E-state index contributed by atoms with van der Waals surface area (Å²) in [4.78, 5) is 20.2. The van der Waals surface area contributed by atoms with Crippen molar-refractivity contribution in [3.63, 3.8) is 0 Å². The van der Waals surface area contributed by atoms with Crippen LogP contribution in [0.25, 0.3) is 10.9 Å². The van der Waals surface area contributed by atoms with Crippen molar-refractivity contribution in [1.29, 1.82) is 0 Å². The summed E-state index contributed by atoms with van der Waals surface area (Å²) in [5, 5.41) is 11.4. The number of aromatic amines is 1. The number of aliphatic hydroxyl groups excluding tert-OH is 1. The van der Waals surface area contributed by atoms with Gasteiger partial charge in [-0.25, -0.2) is 0 Å². The predicted octanol–water partition coefficient (Wildman–Crippen LogP) is 1.94. The lowest BCUT2D eigenvalue weighted by Crippen LogP contribution is -2.46. The standard InChI is InChI=1S/C19H25N3O2/c1-21(2)17-8-14-10-22(11-15(14)9-18(17)23)19(24)13-3-4-16-12(7-13)5-6-20-16/h3-7,14-15,17-18,20,23H,8-11H2,1-2H3/t14-,15+,17-,18-/m1/s1. The molecule has 2 aliphatic rings. The van der Waals surface area contributed by atoms with Crippen LogP contribution in [0.1, 0.15) is 23.2 Å². The molecular weight excluding hydrogens is 302 g/mol. The van der Waals surface area contributed by atoms with E-state index in [1.165, 1.54) is 0 Å². The van der Waals surface area contributed by atoms with E-state index in [0.29, 0.717) is 11.8 Å². The van der Waals surface area contributed by atoms with E-state index in [2.05, 4.69) is 9.88 Å². The second-order valence-electron chi connectivity index (χ2n) is 7.58. The van der Waals surface area contributed by atoms with Crippen LogP contribution >= 0.6 is 0 Å². The van der Waals surface area contributed by atoms with Crippen molar-refractivity contribution in [1.82, 2.24) is 14.8 Å². The molecule has 1 aromatic heterocycles. The highest BCUT2D eigenvalue weighted by Gasteiger charge is 2.43. The smallest absolute Gasteiger partial charge is 0.253 e. The van der Waals surface area contributed by atoms with Crippen molar-refractivity contribution in [2.45, 2.75) is 25.0 Å². The van der Waals surface area contributed by atoms with E-state index in [-0.39, 0.29) is 18.1 Å². The maximum Gasteiger partial charge on any atom is 0.253 e. The van der Waals surface area contributed by atoms with Crippen LogP contribution in [0.5, 0.6) is 0 Å². The molecule has 2 heterocycles. The van der Waals surface area contributed by atoms with Gasteiger partial charge in [0.25, 0.3) is 5.91 Å². The highest BCUT2D eigenvalue weighted by atomic mass is 16.3. The molecule has 0 bridgehead atoms. The van der Waals surface area contributed by atoms with E-state index in [9.17, 15) is 9.90 Å². The summed E-state index contributed by atoms with van der Waals surface area (Å²) in [6.07, 6.45) is 3.38. The third-order valence-corrected chi connectivity index (χ3v) is 5.86. The van der Waals surface area contributed by atoms with Gasteiger partial charge in [-0.1, -0.05) is 0 Å². The van der Waals surface area contributed by atoms with Gasteiger partial charge in [0.2, 0.25) is 0 Å². The Labute approximate surface area is 142 Å². The summed E-state index contributed by atoms with van der Waals surface area (Å²) in [7, 11) is 4.05. The summed E-state index contributed by atoms with van der Waals surface area (Å²) in [5.74, 6) is 1.04. The van der Waals surface area contributed by atoms with Crippen LogP contribution in [0, 0.1) is 11.8 Å². The van der Waals surface area contributed by atoms with Gasteiger partial charge in [-0.2, -0.15) is 0 Å². The zero-order chi connectivity index (χ0) is 16.8. The van der Waals surface area contributed by atoms with Crippen molar-refractivity contribution in [2.24, 2.45) is 11.8 Å². The average molecular weight is 327 g/mol. The van der Waals surface area contributed by atoms with Crippen LogP contribution in [0.3, 0.4) is 0 Å². The Morgan fingerprint density at radius 1 is 1.21 bits per heavy atom. The number of likely N-dealkylation sites (N-methyl/N-ethyl adjacent to an activating group) is 1. The molecule has 24 heavy (non-hydrogen) atoms. The fraction of sp³-hybridized carbons (Fsp3) is 0.526. The molecule has 0 unspecified atom stereocenters. The van der Waals surface area contributed by atoms with E-state index in [0.717, 1.165) is 42.4 Å². The zero-order valence-electron chi connectivity index (χ0n) is 14.3. The molecule has 0 spiro atoms. The van der Waals surface area contributed by atoms with Crippen LogP contribution in [0.2, 0.25) is 0 Å². The van der Waals surface area contributed by atoms with Gasteiger partial charge in [-0.15, -0.1) is 0 Å². The topological polar surface area (TPSA) is 59.6 Å². The van der Waals surface area contributed by atoms with Crippen molar-refractivity contribution in [3.8, 4) is 0 Å². The minimum atomic E-state index is -0.285. The number of benzene rings is 1. The maximum atomic E-state index is 12.9. The van der Waals surface area contributed by atoms with Crippen LogP contribution in [0.15, 0.2) is 30.5 Å². The Morgan fingerprint density at radius 3 is 2.71 bits per heavy atom. The molecule has 5 heteroatoms. The van der Waals surface area contributed by atoms with Crippen molar-refractivity contribution >= 4 is 16.8 Å². The molecule has 2 fully saturated rings. The fourth-order valence-electron chi connectivity index (χ4n) is 4.50. The monoisotopic (exact) mass is 327 g/mol. The first kappa shape index (κ1) is 15.7.